The third-order valence-corrected chi connectivity index (χ3v) is 3.54. The van der Waals surface area contributed by atoms with E-state index in [0.717, 1.165) is 0 Å². The molecule has 5 nitrogen and oxygen atoms in total. The molecule has 0 fully saturated rings. The van der Waals surface area contributed by atoms with Gasteiger partial charge in [-0.15, -0.1) is 0 Å². The van der Waals surface area contributed by atoms with E-state index < -0.39 is 5.82 Å². The Bertz CT molecular complexity index is 773. The van der Waals surface area contributed by atoms with Gasteiger partial charge in [0.25, 0.3) is 0 Å². The number of aromatic nitrogens is 2. The molecule has 0 saturated carbocycles. The summed E-state index contributed by atoms with van der Waals surface area (Å²) in [7, 11) is 3.27. The Morgan fingerprint density at radius 1 is 1.25 bits per heavy atom. The van der Waals surface area contributed by atoms with E-state index in [-0.39, 0.29) is 12.0 Å². The predicted octanol–water partition coefficient (Wildman–Crippen LogP) is 2.10. The number of fused-ring (bicyclic) bond motifs is 1. The smallest absolute Gasteiger partial charge is 0.328 e. The highest BCUT2D eigenvalue weighted by Gasteiger charge is 2.23. The van der Waals surface area contributed by atoms with E-state index in [9.17, 15) is 9.18 Å². The van der Waals surface area contributed by atoms with E-state index in [2.05, 4.69) is 0 Å². The van der Waals surface area contributed by atoms with Gasteiger partial charge < -0.3 is 9.47 Å². The summed E-state index contributed by atoms with van der Waals surface area (Å²) < 4.78 is 27.9. The van der Waals surface area contributed by atoms with E-state index in [1.165, 1.54) is 21.5 Å². The lowest BCUT2D eigenvalue weighted by molar-refractivity contribution is -0.0169. The summed E-state index contributed by atoms with van der Waals surface area (Å²) in [5.41, 5.74) is 1.30. The first-order valence-corrected chi connectivity index (χ1v) is 6.40. The first-order valence-electron chi connectivity index (χ1n) is 6.40. The van der Waals surface area contributed by atoms with Crippen LogP contribution >= 0.6 is 0 Å². The van der Waals surface area contributed by atoms with Crippen molar-refractivity contribution >= 4 is 16.8 Å². The van der Waals surface area contributed by atoms with E-state index in [1.54, 1.807) is 20.2 Å². The normalized spacial score (nSPS) is 18.0. The summed E-state index contributed by atoms with van der Waals surface area (Å²) in [5, 5.41) is 0. The number of ether oxygens (including phenoxy) is 2. The molecule has 0 aliphatic carbocycles. The minimum absolute atomic E-state index is 0.194. The largest absolute Gasteiger partial charge is 0.459 e. The van der Waals surface area contributed by atoms with Crippen molar-refractivity contribution in [2.24, 2.45) is 14.1 Å². The Balaban J connectivity index is 2.16. The number of hydrogen-bond donors (Lipinski definition) is 0. The molecule has 1 unspecified atom stereocenters. The summed E-state index contributed by atoms with van der Waals surface area (Å²) in [6.45, 7) is 1.92. The summed E-state index contributed by atoms with van der Waals surface area (Å²) in [6, 6.07) is 2.95. The number of hydrogen-bond acceptors (Lipinski definition) is 3. The molecule has 1 aromatic carbocycles. The van der Waals surface area contributed by atoms with Crippen LogP contribution in [0.5, 0.6) is 0 Å². The third kappa shape index (κ3) is 1.71. The van der Waals surface area contributed by atoms with Crippen molar-refractivity contribution in [2.75, 3.05) is 0 Å². The average molecular weight is 278 g/mol. The fraction of sp³-hybridized carbons (Fsp3) is 0.357. The number of rotatable bonds is 2. The number of halogens is 1. The summed E-state index contributed by atoms with van der Waals surface area (Å²) in [5.74, 6) is -0.0853. The maximum Gasteiger partial charge on any atom is 0.328 e. The minimum Gasteiger partial charge on any atom is -0.459 e. The number of nitrogens with zero attached hydrogens (tertiary/aromatic N) is 2. The lowest BCUT2D eigenvalue weighted by Crippen LogP contribution is -2.19. The molecule has 1 aliphatic rings. The Hall–Kier alpha value is -2.24. The van der Waals surface area contributed by atoms with E-state index in [0.29, 0.717) is 28.8 Å². The van der Waals surface area contributed by atoms with Gasteiger partial charge in [0.05, 0.1) is 16.6 Å². The van der Waals surface area contributed by atoms with Gasteiger partial charge in [-0.1, -0.05) is 6.92 Å². The van der Waals surface area contributed by atoms with Crippen LogP contribution in [-0.2, 0) is 23.6 Å². The summed E-state index contributed by atoms with van der Waals surface area (Å²) in [4.78, 5) is 11.9. The Kier molecular flexibility index (Phi) is 2.81. The van der Waals surface area contributed by atoms with Crippen LogP contribution in [0.3, 0.4) is 0 Å². The second-order valence-electron chi connectivity index (χ2n) is 4.80. The molecule has 0 amide bonds. The van der Waals surface area contributed by atoms with Gasteiger partial charge in [-0.3, -0.25) is 9.13 Å². The number of aryl methyl sites for hydroxylation is 2. The second kappa shape index (κ2) is 4.40. The quantitative estimate of drug-likeness (QED) is 0.845. The van der Waals surface area contributed by atoms with E-state index in [1.807, 2.05) is 6.92 Å². The molecular weight excluding hydrogens is 263 g/mol. The molecule has 1 atom stereocenters. The fourth-order valence-electron chi connectivity index (χ4n) is 2.35. The van der Waals surface area contributed by atoms with Crippen LogP contribution < -0.4 is 5.69 Å². The molecule has 3 rings (SSSR count). The molecule has 6 heteroatoms. The molecule has 20 heavy (non-hydrogen) atoms. The second-order valence-corrected chi connectivity index (χ2v) is 4.80. The Labute approximate surface area is 114 Å². The zero-order chi connectivity index (χ0) is 14.4. The molecule has 1 aromatic heterocycles. The number of benzene rings is 1. The van der Waals surface area contributed by atoms with Gasteiger partial charge in [-0.2, -0.15) is 0 Å². The predicted molar refractivity (Wildman–Crippen MR) is 72.3 cm³/mol. The van der Waals surface area contributed by atoms with Crippen LogP contribution in [0.1, 0.15) is 18.9 Å². The molecule has 1 aliphatic heterocycles. The summed E-state index contributed by atoms with van der Waals surface area (Å²) in [6.07, 6.45) is 1.72. The van der Waals surface area contributed by atoms with Gasteiger partial charge >= 0.3 is 5.69 Å². The van der Waals surface area contributed by atoms with Crippen LogP contribution in [-0.4, -0.2) is 15.4 Å². The molecule has 0 bridgehead atoms. The van der Waals surface area contributed by atoms with Gasteiger partial charge in [-0.25, -0.2) is 9.18 Å². The van der Waals surface area contributed by atoms with Gasteiger partial charge in [0.1, 0.15) is 12.1 Å². The van der Waals surface area contributed by atoms with E-state index >= 15 is 0 Å². The maximum absolute atomic E-state index is 14.2. The zero-order valence-electron chi connectivity index (χ0n) is 11.5. The molecule has 2 heterocycles. The zero-order valence-corrected chi connectivity index (χ0v) is 11.5. The van der Waals surface area contributed by atoms with Gasteiger partial charge in [0.15, 0.2) is 5.76 Å². The van der Waals surface area contributed by atoms with Crippen LogP contribution in [0.15, 0.2) is 23.2 Å². The van der Waals surface area contributed by atoms with Crippen molar-refractivity contribution in [2.45, 2.75) is 19.6 Å². The van der Waals surface area contributed by atoms with Gasteiger partial charge in [0.2, 0.25) is 6.29 Å². The Morgan fingerprint density at radius 3 is 2.50 bits per heavy atom. The van der Waals surface area contributed by atoms with Crippen molar-refractivity contribution in [3.05, 3.63) is 40.3 Å². The van der Waals surface area contributed by atoms with E-state index in [4.69, 9.17) is 9.47 Å². The van der Waals surface area contributed by atoms with Gasteiger partial charge in [0, 0.05) is 26.6 Å². The van der Waals surface area contributed by atoms with Crippen LogP contribution in [0.2, 0.25) is 0 Å². The Morgan fingerprint density at radius 2 is 1.90 bits per heavy atom. The van der Waals surface area contributed by atoms with Crippen molar-refractivity contribution in [3.63, 3.8) is 0 Å². The molecule has 0 radical (unpaired) electrons. The first kappa shape index (κ1) is 12.8. The molecule has 0 saturated heterocycles. The first-order chi connectivity index (χ1) is 9.52. The highest BCUT2D eigenvalue weighted by atomic mass is 19.1. The lowest BCUT2D eigenvalue weighted by atomic mass is 10.1. The van der Waals surface area contributed by atoms with Crippen LogP contribution in [0.25, 0.3) is 16.8 Å². The SMILES string of the molecule is CCC1OC=C(c2cc3c(cc2F)n(C)c(=O)n3C)O1. The minimum atomic E-state index is -0.440. The standard InChI is InChI=1S/C14H15FN2O3/c1-4-13-19-7-12(20-13)8-5-10-11(6-9(8)15)17(3)14(18)16(10)2/h5-7,13H,4H2,1-3H3. The van der Waals surface area contributed by atoms with Crippen molar-refractivity contribution in [1.29, 1.82) is 0 Å². The van der Waals surface area contributed by atoms with Crippen LogP contribution in [0, 0.1) is 5.82 Å². The van der Waals surface area contributed by atoms with Crippen molar-refractivity contribution in [3.8, 4) is 0 Å². The van der Waals surface area contributed by atoms with Crippen molar-refractivity contribution < 1.29 is 13.9 Å². The monoisotopic (exact) mass is 278 g/mol. The molecule has 0 N–H and O–H groups in total. The molecular formula is C14H15FN2O3. The lowest BCUT2D eigenvalue weighted by Gasteiger charge is -2.10. The third-order valence-electron chi connectivity index (χ3n) is 3.54. The van der Waals surface area contributed by atoms with Gasteiger partial charge in [-0.05, 0) is 6.07 Å². The molecule has 0 spiro atoms. The maximum atomic E-state index is 14.2. The average Bonchev–Trinajstić information content (AvgIpc) is 2.99. The topological polar surface area (TPSA) is 45.4 Å². The summed E-state index contributed by atoms with van der Waals surface area (Å²) >= 11 is 0. The molecule has 2 aromatic rings. The fourth-order valence-corrected chi connectivity index (χ4v) is 2.35. The number of imidazole rings is 1. The molecule has 106 valence electrons. The van der Waals surface area contributed by atoms with Crippen molar-refractivity contribution in [1.82, 2.24) is 9.13 Å². The highest BCUT2D eigenvalue weighted by molar-refractivity contribution is 5.81. The highest BCUT2D eigenvalue weighted by Crippen LogP contribution is 2.30. The van der Waals surface area contributed by atoms with Crippen LogP contribution in [0.4, 0.5) is 4.39 Å².